The summed E-state index contributed by atoms with van der Waals surface area (Å²) in [6.07, 6.45) is 3.41. The fourth-order valence-corrected chi connectivity index (χ4v) is 1.94. The molecular formula is C13H10FN3. The second-order valence-corrected chi connectivity index (χ2v) is 3.84. The second-order valence-electron chi connectivity index (χ2n) is 3.84. The predicted molar refractivity (Wildman–Crippen MR) is 63.1 cm³/mol. The molecule has 1 aromatic carbocycles. The van der Waals surface area contributed by atoms with Crippen LogP contribution in [0.25, 0.3) is 16.8 Å². The lowest BCUT2D eigenvalue weighted by atomic mass is 10.1. The van der Waals surface area contributed by atoms with Gasteiger partial charge in [0.1, 0.15) is 5.82 Å². The Morgan fingerprint density at radius 1 is 1.18 bits per heavy atom. The lowest BCUT2D eigenvalue weighted by Crippen LogP contribution is -2.00. The smallest absolute Gasteiger partial charge is 0.132 e. The highest BCUT2D eigenvalue weighted by Gasteiger charge is 2.12. The van der Waals surface area contributed by atoms with Gasteiger partial charge in [0.15, 0.2) is 0 Å². The summed E-state index contributed by atoms with van der Waals surface area (Å²) < 4.78 is 15.5. The molecule has 0 unspecified atom stereocenters. The maximum absolute atomic E-state index is 13.8. The number of rotatable bonds is 1. The first-order chi connectivity index (χ1) is 8.27. The fourth-order valence-electron chi connectivity index (χ4n) is 1.94. The Labute approximate surface area is 97.5 Å². The maximum atomic E-state index is 13.8. The van der Waals surface area contributed by atoms with E-state index in [1.165, 1.54) is 6.07 Å². The Morgan fingerprint density at radius 2 is 2.00 bits per heavy atom. The Bertz CT molecular complexity index is 688. The van der Waals surface area contributed by atoms with Crippen molar-refractivity contribution in [2.45, 2.75) is 6.92 Å². The van der Waals surface area contributed by atoms with Crippen molar-refractivity contribution in [2.24, 2.45) is 0 Å². The predicted octanol–water partition coefficient (Wildman–Crippen LogP) is 2.84. The molecule has 0 aliphatic rings. The number of aryl methyl sites for hydroxylation is 1. The minimum absolute atomic E-state index is 0.264. The standard InChI is InChI=1S/C13H10FN3/c1-9-13(11-4-2-3-5-12(11)14)17-10(8-15-9)6-7-16-17/h2-8H,1H3. The van der Waals surface area contributed by atoms with E-state index in [4.69, 9.17) is 0 Å². The van der Waals surface area contributed by atoms with Gasteiger partial charge in [0.2, 0.25) is 0 Å². The van der Waals surface area contributed by atoms with Crippen molar-refractivity contribution in [2.75, 3.05) is 0 Å². The number of nitrogens with zero attached hydrogens (tertiary/aromatic N) is 3. The van der Waals surface area contributed by atoms with Crippen LogP contribution in [0, 0.1) is 12.7 Å². The quantitative estimate of drug-likeness (QED) is 0.640. The van der Waals surface area contributed by atoms with Gasteiger partial charge in [0.05, 0.1) is 29.3 Å². The Morgan fingerprint density at radius 3 is 2.82 bits per heavy atom. The van der Waals surface area contributed by atoms with Gasteiger partial charge in [-0.2, -0.15) is 5.10 Å². The maximum Gasteiger partial charge on any atom is 0.132 e. The highest BCUT2D eigenvalue weighted by Crippen LogP contribution is 2.25. The van der Waals surface area contributed by atoms with Gasteiger partial charge in [-0.25, -0.2) is 8.91 Å². The van der Waals surface area contributed by atoms with E-state index in [1.54, 1.807) is 35.1 Å². The summed E-state index contributed by atoms with van der Waals surface area (Å²) in [5.41, 5.74) is 2.83. The van der Waals surface area contributed by atoms with Crippen molar-refractivity contribution in [1.29, 1.82) is 0 Å². The van der Waals surface area contributed by atoms with E-state index in [1.807, 2.05) is 13.0 Å². The van der Waals surface area contributed by atoms with Crippen LogP contribution < -0.4 is 0 Å². The molecule has 0 amide bonds. The molecule has 0 aliphatic heterocycles. The lowest BCUT2D eigenvalue weighted by Gasteiger charge is -2.08. The molecule has 84 valence electrons. The van der Waals surface area contributed by atoms with Crippen LogP contribution in [0.15, 0.2) is 42.7 Å². The molecule has 0 atom stereocenters. The van der Waals surface area contributed by atoms with Gasteiger partial charge in [-0.05, 0) is 25.1 Å². The monoisotopic (exact) mass is 227 g/mol. The molecule has 0 N–H and O–H groups in total. The molecule has 3 nitrogen and oxygen atoms in total. The summed E-state index contributed by atoms with van der Waals surface area (Å²) in [6, 6.07) is 8.50. The third-order valence-corrected chi connectivity index (χ3v) is 2.75. The molecule has 3 rings (SSSR count). The number of halogens is 1. The first-order valence-electron chi connectivity index (χ1n) is 5.31. The first-order valence-corrected chi connectivity index (χ1v) is 5.31. The summed E-state index contributed by atoms with van der Waals surface area (Å²) in [5.74, 6) is -0.264. The molecule has 0 saturated carbocycles. The summed E-state index contributed by atoms with van der Waals surface area (Å²) in [6.45, 7) is 1.85. The molecule has 4 heteroatoms. The van der Waals surface area contributed by atoms with Crippen molar-refractivity contribution in [3.05, 3.63) is 54.2 Å². The third kappa shape index (κ3) is 1.49. The average molecular weight is 227 g/mol. The van der Waals surface area contributed by atoms with Crippen LogP contribution >= 0.6 is 0 Å². The molecule has 3 aromatic rings. The molecule has 2 heterocycles. The topological polar surface area (TPSA) is 30.2 Å². The van der Waals surface area contributed by atoms with Crippen LogP contribution in [0.5, 0.6) is 0 Å². The zero-order chi connectivity index (χ0) is 11.8. The van der Waals surface area contributed by atoms with Crippen molar-refractivity contribution in [3.63, 3.8) is 0 Å². The van der Waals surface area contributed by atoms with Crippen LogP contribution in [0.4, 0.5) is 4.39 Å². The first kappa shape index (κ1) is 9.96. The lowest BCUT2D eigenvalue weighted by molar-refractivity contribution is 0.629. The van der Waals surface area contributed by atoms with E-state index in [0.717, 1.165) is 11.2 Å². The molecule has 0 saturated heterocycles. The van der Waals surface area contributed by atoms with E-state index in [-0.39, 0.29) is 5.82 Å². The number of aromatic nitrogens is 3. The largest absolute Gasteiger partial charge is 0.257 e. The van der Waals surface area contributed by atoms with Gasteiger partial charge >= 0.3 is 0 Å². The molecule has 2 aromatic heterocycles. The number of fused-ring (bicyclic) bond motifs is 1. The molecule has 0 bridgehead atoms. The van der Waals surface area contributed by atoms with Crippen molar-refractivity contribution in [3.8, 4) is 11.3 Å². The van der Waals surface area contributed by atoms with Gasteiger partial charge in [-0.1, -0.05) is 12.1 Å². The van der Waals surface area contributed by atoms with E-state index in [0.29, 0.717) is 11.3 Å². The average Bonchev–Trinajstić information content (AvgIpc) is 2.79. The van der Waals surface area contributed by atoms with Crippen molar-refractivity contribution < 1.29 is 4.39 Å². The summed E-state index contributed by atoms with van der Waals surface area (Å²) in [4.78, 5) is 4.27. The van der Waals surface area contributed by atoms with Crippen LogP contribution in [0.2, 0.25) is 0 Å². The van der Waals surface area contributed by atoms with Crippen LogP contribution in [-0.2, 0) is 0 Å². The zero-order valence-corrected chi connectivity index (χ0v) is 9.26. The van der Waals surface area contributed by atoms with Crippen LogP contribution in [0.3, 0.4) is 0 Å². The highest BCUT2D eigenvalue weighted by atomic mass is 19.1. The third-order valence-electron chi connectivity index (χ3n) is 2.75. The molecule has 17 heavy (non-hydrogen) atoms. The second kappa shape index (κ2) is 3.66. The van der Waals surface area contributed by atoms with Gasteiger partial charge in [-0.15, -0.1) is 0 Å². The van der Waals surface area contributed by atoms with Crippen molar-refractivity contribution in [1.82, 2.24) is 14.6 Å². The number of hydrogen-bond acceptors (Lipinski definition) is 2. The van der Waals surface area contributed by atoms with E-state index in [9.17, 15) is 4.39 Å². The fraction of sp³-hybridized carbons (Fsp3) is 0.0769. The Hall–Kier alpha value is -2.23. The highest BCUT2D eigenvalue weighted by molar-refractivity contribution is 5.66. The molecule has 0 aliphatic carbocycles. The molecule has 0 fully saturated rings. The molecular weight excluding hydrogens is 217 g/mol. The molecule has 0 spiro atoms. The van der Waals surface area contributed by atoms with E-state index in [2.05, 4.69) is 10.1 Å². The minimum atomic E-state index is -0.264. The van der Waals surface area contributed by atoms with E-state index < -0.39 is 0 Å². The van der Waals surface area contributed by atoms with Crippen LogP contribution in [-0.4, -0.2) is 14.6 Å². The zero-order valence-electron chi connectivity index (χ0n) is 9.26. The van der Waals surface area contributed by atoms with Gasteiger partial charge < -0.3 is 0 Å². The summed E-state index contributed by atoms with van der Waals surface area (Å²) in [5, 5.41) is 4.21. The van der Waals surface area contributed by atoms with Gasteiger partial charge in [0.25, 0.3) is 0 Å². The summed E-state index contributed by atoms with van der Waals surface area (Å²) >= 11 is 0. The van der Waals surface area contributed by atoms with Gasteiger partial charge in [0, 0.05) is 5.56 Å². The SMILES string of the molecule is Cc1ncc2ccnn2c1-c1ccccc1F. The number of benzene rings is 1. The Balaban J connectivity index is 2.40. The normalized spacial score (nSPS) is 10.9. The summed E-state index contributed by atoms with van der Waals surface area (Å²) in [7, 11) is 0. The minimum Gasteiger partial charge on any atom is -0.257 e. The number of hydrogen-bond donors (Lipinski definition) is 0. The Kier molecular flexibility index (Phi) is 2.14. The van der Waals surface area contributed by atoms with E-state index >= 15 is 0 Å². The van der Waals surface area contributed by atoms with Crippen molar-refractivity contribution >= 4 is 5.52 Å². The van der Waals surface area contributed by atoms with Crippen LogP contribution in [0.1, 0.15) is 5.69 Å². The molecule has 0 radical (unpaired) electrons. The van der Waals surface area contributed by atoms with Gasteiger partial charge in [-0.3, -0.25) is 4.98 Å².